The maximum absolute atomic E-state index is 12.6. The van der Waals surface area contributed by atoms with Crippen molar-refractivity contribution in [1.82, 2.24) is 14.8 Å². The lowest BCUT2D eigenvalue weighted by atomic mass is 10.1. The van der Waals surface area contributed by atoms with Gasteiger partial charge in [-0.15, -0.1) is 6.58 Å². The van der Waals surface area contributed by atoms with E-state index in [4.69, 9.17) is 0 Å². The largest absolute Gasteiger partial charge is 0.784 e. The predicted molar refractivity (Wildman–Crippen MR) is 84.4 cm³/mol. The zero-order valence-electron chi connectivity index (χ0n) is 12.3. The molecule has 6 nitrogen and oxygen atoms in total. The monoisotopic (exact) mass is 297 g/mol. The molecule has 1 aliphatic rings. The fourth-order valence-electron chi connectivity index (χ4n) is 2.79. The SMILES string of the molecule is C=CCC1c2cnn(C)c2N(c2ccccc2)C(=O)CN1[O-]. The van der Waals surface area contributed by atoms with Crippen LogP contribution in [0.4, 0.5) is 11.5 Å². The zero-order chi connectivity index (χ0) is 15.7. The molecule has 0 saturated heterocycles. The third kappa shape index (κ3) is 2.32. The molecule has 1 unspecified atom stereocenters. The normalized spacial score (nSPS) is 18.9. The van der Waals surface area contributed by atoms with Gasteiger partial charge in [-0.2, -0.15) is 5.10 Å². The highest BCUT2D eigenvalue weighted by atomic mass is 16.5. The number of fused-ring (bicyclic) bond motifs is 1. The van der Waals surface area contributed by atoms with Crippen molar-refractivity contribution >= 4 is 17.4 Å². The Labute approximate surface area is 128 Å². The fraction of sp³-hybridized carbons (Fsp3) is 0.250. The number of carbonyl (C=O) groups excluding carboxylic acids is 1. The van der Waals surface area contributed by atoms with Gasteiger partial charge in [0.15, 0.2) is 0 Å². The summed E-state index contributed by atoms with van der Waals surface area (Å²) < 4.78 is 1.63. The van der Waals surface area contributed by atoms with Crippen LogP contribution >= 0.6 is 0 Å². The molecule has 1 atom stereocenters. The van der Waals surface area contributed by atoms with Crippen LogP contribution < -0.4 is 4.90 Å². The van der Waals surface area contributed by atoms with Crippen molar-refractivity contribution in [2.24, 2.45) is 7.05 Å². The van der Waals surface area contributed by atoms with Crippen LogP contribution in [0.2, 0.25) is 0 Å². The number of hydrogen-bond donors (Lipinski definition) is 0. The number of hydroxylamine groups is 2. The number of aryl methyl sites for hydroxylation is 1. The number of hydrogen-bond acceptors (Lipinski definition) is 4. The molecule has 1 aromatic carbocycles. The predicted octanol–water partition coefficient (Wildman–Crippen LogP) is 2.52. The maximum Gasteiger partial charge on any atom is 0.245 e. The number of benzene rings is 1. The zero-order valence-corrected chi connectivity index (χ0v) is 12.3. The average molecular weight is 297 g/mol. The Bertz CT molecular complexity index is 695. The third-order valence-electron chi connectivity index (χ3n) is 3.80. The van der Waals surface area contributed by atoms with Gasteiger partial charge in [0.05, 0.1) is 18.4 Å². The Kier molecular flexibility index (Phi) is 3.79. The molecule has 0 bridgehead atoms. The number of carbonyl (C=O) groups is 1. The van der Waals surface area contributed by atoms with Gasteiger partial charge in [0.1, 0.15) is 5.82 Å². The quantitative estimate of drug-likeness (QED) is 0.817. The van der Waals surface area contributed by atoms with Gasteiger partial charge < -0.3 is 10.3 Å². The lowest BCUT2D eigenvalue weighted by Gasteiger charge is -2.33. The van der Waals surface area contributed by atoms with Gasteiger partial charge in [-0.1, -0.05) is 24.3 Å². The minimum absolute atomic E-state index is 0.192. The molecular weight excluding hydrogens is 280 g/mol. The fourth-order valence-corrected chi connectivity index (χ4v) is 2.79. The summed E-state index contributed by atoms with van der Waals surface area (Å²) in [6.07, 6.45) is 3.82. The number of nitrogens with zero attached hydrogens (tertiary/aromatic N) is 4. The molecule has 114 valence electrons. The van der Waals surface area contributed by atoms with E-state index in [2.05, 4.69) is 11.7 Å². The van der Waals surface area contributed by atoms with Crippen molar-refractivity contribution in [2.45, 2.75) is 12.5 Å². The lowest BCUT2D eigenvalue weighted by molar-refractivity contribution is -0.118. The van der Waals surface area contributed by atoms with Crippen LogP contribution in [-0.2, 0) is 11.8 Å². The van der Waals surface area contributed by atoms with Crippen LogP contribution in [0.3, 0.4) is 0 Å². The van der Waals surface area contributed by atoms with Crippen LogP contribution in [-0.4, -0.2) is 27.3 Å². The van der Waals surface area contributed by atoms with Crippen molar-refractivity contribution in [1.29, 1.82) is 0 Å². The van der Waals surface area contributed by atoms with E-state index in [0.717, 1.165) is 16.3 Å². The molecule has 0 N–H and O–H groups in total. The molecule has 0 aliphatic carbocycles. The summed E-state index contributed by atoms with van der Waals surface area (Å²) in [6.45, 7) is 3.51. The van der Waals surface area contributed by atoms with E-state index in [1.54, 1.807) is 28.9 Å². The van der Waals surface area contributed by atoms with E-state index in [1.807, 2.05) is 30.3 Å². The smallest absolute Gasteiger partial charge is 0.245 e. The van der Waals surface area contributed by atoms with E-state index in [9.17, 15) is 10.0 Å². The van der Waals surface area contributed by atoms with Crippen LogP contribution in [0.25, 0.3) is 0 Å². The van der Waals surface area contributed by atoms with E-state index in [1.165, 1.54) is 0 Å². The minimum Gasteiger partial charge on any atom is -0.784 e. The van der Waals surface area contributed by atoms with Crippen molar-refractivity contribution < 1.29 is 4.79 Å². The second kappa shape index (κ2) is 5.75. The van der Waals surface area contributed by atoms with Gasteiger partial charge in [-0.25, -0.2) is 0 Å². The second-order valence-electron chi connectivity index (χ2n) is 5.23. The highest BCUT2D eigenvalue weighted by molar-refractivity contribution is 6.02. The molecule has 2 heterocycles. The molecule has 0 saturated carbocycles. The van der Waals surface area contributed by atoms with Gasteiger partial charge in [0.2, 0.25) is 5.91 Å². The molecule has 22 heavy (non-hydrogen) atoms. The number of amides is 1. The molecule has 1 amide bonds. The number of aromatic nitrogens is 2. The van der Waals surface area contributed by atoms with E-state index < -0.39 is 6.04 Å². The molecular formula is C16H17N4O2-. The summed E-state index contributed by atoms with van der Waals surface area (Å²) >= 11 is 0. The maximum atomic E-state index is 12.6. The highest BCUT2D eigenvalue weighted by Crippen LogP contribution is 2.38. The Hall–Kier alpha value is -2.44. The third-order valence-corrected chi connectivity index (χ3v) is 3.80. The summed E-state index contributed by atoms with van der Waals surface area (Å²) in [5.74, 6) is 0.374. The van der Waals surface area contributed by atoms with Gasteiger partial charge >= 0.3 is 0 Å². The van der Waals surface area contributed by atoms with Crippen LogP contribution in [0, 0.1) is 5.21 Å². The van der Waals surface area contributed by atoms with Crippen LogP contribution in [0.1, 0.15) is 18.0 Å². The van der Waals surface area contributed by atoms with Crippen LogP contribution in [0.5, 0.6) is 0 Å². The summed E-state index contributed by atoms with van der Waals surface area (Å²) in [6, 6.07) is 8.85. The summed E-state index contributed by atoms with van der Waals surface area (Å²) in [5.41, 5.74) is 1.47. The molecule has 1 aliphatic heterocycles. The molecule has 1 aromatic heterocycles. The van der Waals surface area contributed by atoms with E-state index in [0.29, 0.717) is 12.2 Å². The highest BCUT2D eigenvalue weighted by Gasteiger charge is 2.32. The molecule has 2 aromatic rings. The van der Waals surface area contributed by atoms with Crippen molar-refractivity contribution in [2.75, 3.05) is 11.4 Å². The van der Waals surface area contributed by atoms with Crippen molar-refractivity contribution in [3.8, 4) is 0 Å². The van der Waals surface area contributed by atoms with Crippen molar-refractivity contribution in [3.63, 3.8) is 0 Å². The van der Waals surface area contributed by atoms with E-state index >= 15 is 0 Å². The lowest BCUT2D eigenvalue weighted by Crippen LogP contribution is -2.34. The number of rotatable bonds is 3. The summed E-state index contributed by atoms with van der Waals surface area (Å²) in [5, 5.41) is 17.4. The van der Waals surface area contributed by atoms with Gasteiger partial charge in [-0.05, 0) is 18.6 Å². The topological polar surface area (TPSA) is 64.4 Å². The standard InChI is InChI=1S/C16H17N4O2/c1-3-7-14-13-10-17-18(2)16(13)20(15(21)11-19(14)22)12-8-5-4-6-9-12/h3-6,8-10,14H,1,7,11H2,2H3/q-1. The number of para-hydroxylation sites is 1. The summed E-state index contributed by atoms with van der Waals surface area (Å²) in [4.78, 5) is 14.2. The van der Waals surface area contributed by atoms with Crippen molar-refractivity contribution in [3.05, 3.63) is 60.0 Å². The van der Waals surface area contributed by atoms with Gasteiger partial charge in [0, 0.05) is 18.7 Å². The first-order chi connectivity index (χ1) is 10.6. The van der Waals surface area contributed by atoms with Gasteiger partial charge in [-0.3, -0.25) is 14.4 Å². The minimum atomic E-state index is -0.445. The Morgan fingerprint density at radius 2 is 2.14 bits per heavy atom. The van der Waals surface area contributed by atoms with Crippen LogP contribution in [0.15, 0.2) is 49.2 Å². The average Bonchev–Trinajstić information content (AvgIpc) is 2.83. The molecule has 3 rings (SSSR count). The first kappa shape index (κ1) is 14.5. The Morgan fingerprint density at radius 3 is 2.82 bits per heavy atom. The molecule has 0 radical (unpaired) electrons. The first-order valence-corrected chi connectivity index (χ1v) is 7.08. The Morgan fingerprint density at radius 1 is 1.41 bits per heavy atom. The molecule has 0 fully saturated rings. The van der Waals surface area contributed by atoms with E-state index in [-0.39, 0.29) is 12.5 Å². The summed E-state index contributed by atoms with van der Waals surface area (Å²) in [7, 11) is 1.77. The second-order valence-corrected chi connectivity index (χ2v) is 5.23. The Balaban J connectivity index is 2.18. The number of anilines is 2. The van der Waals surface area contributed by atoms with Gasteiger partial charge in [0.25, 0.3) is 0 Å². The first-order valence-electron chi connectivity index (χ1n) is 7.08. The molecule has 6 heteroatoms. The molecule has 0 spiro atoms.